The summed E-state index contributed by atoms with van der Waals surface area (Å²) in [5.74, 6) is 0. The number of rotatable bonds is 12. The molecule has 8 nitrogen and oxygen atoms in total. The number of hydrogen-bond donors (Lipinski definition) is 0. The molecule has 0 atom stereocenters. The lowest BCUT2D eigenvalue weighted by Gasteiger charge is -2.53. The molecule has 0 unspecified atom stereocenters. The van der Waals surface area contributed by atoms with E-state index in [1.807, 2.05) is 27.7 Å². The molecule has 0 spiro atoms. The monoisotopic (exact) mass is 528 g/mol. The summed E-state index contributed by atoms with van der Waals surface area (Å²) < 4.78 is 53.5. The zero-order valence-electron chi connectivity index (χ0n) is 22.4. The van der Waals surface area contributed by atoms with Crippen molar-refractivity contribution in [2.75, 3.05) is 26.4 Å². The van der Waals surface area contributed by atoms with Crippen LogP contribution in [0.4, 0.5) is 0 Å². The van der Waals surface area contributed by atoms with Crippen molar-refractivity contribution < 1.29 is 34.2 Å². The van der Waals surface area contributed by atoms with Crippen LogP contribution >= 0.6 is 0 Å². The Balaban J connectivity index is 3.91. The third kappa shape index (κ3) is 6.40. The van der Waals surface area contributed by atoms with Gasteiger partial charge in [0.15, 0.2) is 0 Å². The second kappa shape index (κ2) is 12.5. The van der Waals surface area contributed by atoms with Gasteiger partial charge in [0.1, 0.15) is 0 Å². The van der Waals surface area contributed by atoms with E-state index in [1.54, 1.807) is 0 Å². The average molecular weight is 529 g/mol. The van der Waals surface area contributed by atoms with Crippen molar-refractivity contribution in [1.82, 2.24) is 0 Å². The maximum Gasteiger partial charge on any atom is 0.488 e. The minimum atomic E-state index is -3.34. The van der Waals surface area contributed by atoms with Gasteiger partial charge in [0, 0.05) is 48.6 Å². The van der Waals surface area contributed by atoms with Crippen LogP contribution in [0.25, 0.3) is 0 Å². The Hall–Kier alpha value is 0.548. The highest BCUT2D eigenvalue weighted by molar-refractivity contribution is 6.90. The molecule has 1 rings (SSSR count). The highest BCUT2D eigenvalue weighted by atomic mass is 28.6. The summed E-state index contributed by atoms with van der Waals surface area (Å²) in [6.07, 6.45) is 0. The van der Waals surface area contributed by atoms with Crippen LogP contribution in [-0.4, -0.2) is 61.6 Å². The fourth-order valence-electron chi connectivity index (χ4n) is 3.53. The molecule has 1 saturated heterocycles. The van der Waals surface area contributed by atoms with Gasteiger partial charge in [-0.3, -0.25) is 0 Å². The first kappa shape index (κ1) is 30.6. The quantitative estimate of drug-likeness (QED) is 0.303. The van der Waals surface area contributed by atoms with E-state index in [0.29, 0.717) is 26.4 Å². The first-order chi connectivity index (χ1) is 14.8. The van der Waals surface area contributed by atoms with Gasteiger partial charge in [0.05, 0.1) is 0 Å². The summed E-state index contributed by atoms with van der Waals surface area (Å²) in [5.41, 5.74) is -0.140. The van der Waals surface area contributed by atoms with E-state index in [4.69, 9.17) is 34.2 Å². The van der Waals surface area contributed by atoms with Gasteiger partial charge in [-0.05, 0) is 27.7 Å². The van der Waals surface area contributed by atoms with E-state index in [1.165, 1.54) is 0 Å². The highest BCUT2D eigenvalue weighted by Crippen LogP contribution is 2.46. The molecule has 192 valence electrons. The summed E-state index contributed by atoms with van der Waals surface area (Å²) in [6, 6.07) is 0. The van der Waals surface area contributed by atoms with Crippen LogP contribution in [0.3, 0.4) is 0 Å². The molecule has 1 heterocycles. The van der Waals surface area contributed by atoms with Crippen molar-refractivity contribution in [1.29, 1.82) is 0 Å². The molecular weight excluding hydrogens is 481 g/mol. The molecule has 0 N–H and O–H groups in total. The molecule has 0 aromatic carbocycles. The molecule has 12 heteroatoms. The topological polar surface area (TPSA) is 73.8 Å². The normalized spacial score (nSPS) is 34.5. The zero-order valence-corrected chi connectivity index (χ0v) is 26.4. The van der Waals surface area contributed by atoms with E-state index in [9.17, 15) is 0 Å². The van der Waals surface area contributed by atoms with Crippen LogP contribution < -0.4 is 0 Å². The molecule has 0 bridgehead atoms. The number of hydrogen-bond acceptors (Lipinski definition) is 8. The second-order valence-corrected chi connectivity index (χ2v) is 23.0. The predicted molar refractivity (Wildman–Crippen MR) is 134 cm³/mol. The Morgan fingerprint density at radius 1 is 0.406 bits per heavy atom. The third-order valence-corrected chi connectivity index (χ3v) is 22.9. The summed E-state index contributed by atoms with van der Waals surface area (Å²) in [7, 11) is -13.4. The fraction of sp³-hybridized carbons (Fsp3) is 1.00. The molecule has 0 saturated carbocycles. The van der Waals surface area contributed by atoms with E-state index in [2.05, 4.69) is 55.4 Å². The minimum Gasteiger partial charge on any atom is -0.374 e. The fourth-order valence-corrected chi connectivity index (χ4v) is 24.4. The van der Waals surface area contributed by atoms with Crippen LogP contribution in [0.5, 0.6) is 0 Å². The molecule has 0 aromatic heterocycles. The van der Waals surface area contributed by atoms with E-state index in [0.717, 1.165) is 0 Å². The highest BCUT2D eigenvalue weighted by Gasteiger charge is 2.71. The van der Waals surface area contributed by atoms with Gasteiger partial charge in [-0.2, -0.15) is 0 Å². The molecule has 32 heavy (non-hydrogen) atoms. The van der Waals surface area contributed by atoms with Crippen molar-refractivity contribution in [3.05, 3.63) is 0 Å². The summed E-state index contributed by atoms with van der Waals surface area (Å²) in [4.78, 5) is 0. The van der Waals surface area contributed by atoms with Crippen molar-refractivity contribution in [2.45, 2.75) is 105 Å². The third-order valence-electron chi connectivity index (χ3n) is 5.35. The molecule has 0 amide bonds. The molecule has 1 fully saturated rings. The van der Waals surface area contributed by atoms with Crippen LogP contribution in [0.1, 0.15) is 83.1 Å². The molecule has 1 aliphatic rings. The van der Waals surface area contributed by atoms with Gasteiger partial charge in [-0.15, -0.1) is 0 Å². The zero-order chi connectivity index (χ0) is 24.8. The van der Waals surface area contributed by atoms with Crippen LogP contribution in [-0.2, 0) is 34.2 Å². The molecular formula is C20H48O8Si4. The Bertz CT molecular complexity index is 458. The van der Waals surface area contributed by atoms with Gasteiger partial charge in [-0.25, -0.2) is 0 Å². The first-order valence-electron chi connectivity index (χ1n) is 12.2. The Labute approximate surface area is 201 Å². The van der Waals surface area contributed by atoms with Crippen molar-refractivity contribution in [2.24, 2.45) is 0 Å². The van der Waals surface area contributed by atoms with Gasteiger partial charge in [-0.1, -0.05) is 55.4 Å². The molecule has 0 aliphatic carbocycles. The maximum atomic E-state index is 6.99. The SMILES string of the molecule is CCO[Si]1(C(C)C)O[Si](OCC)(C(C)C)O[Si](OCC)(C(C)C)O[Si](OCC)(C(C)C)O1. The summed E-state index contributed by atoms with van der Waals surface area (Å²) in [5, 5.41) is 0. The second-order valence-electron chi connectivity index (χ2n) is 9.17. The predicted octanol–water partition coefficient (Wildman–Crippen LogP) is 5.61. The lowest BCUT2D eigenvalue weighted by molar-refractivity contribution is 0.00639. The van der Waals surface area contributed by atoms with Gasteiger partial charge < -0.3 is 34.2 Å². The standard InChI is InChI=1S/C20H48O8Si4/c1-13-21-29(17(5)6)25-30(18(7)8,22-14-2)27-32(20(11)12,24-16-4)28-31(26-29,19(9)10)23-15-3/h17-20H,13-16H2,1-12H3. The Kier molecular flexibility index (Phi) is 11.9. The van der Waals surface area contributed by atoms with E-state index >= 15 is 0 Å². The lowest BCUT2D eigenvalue weighted by atomic mass is 10.6. The van der Waals surface area contributed by atoms with E-state index in [-0.39, 0.29) is 22.2 Å². The van der Waals surface area contributed by atoms with E-state index < -0.39 is 35.2 Å². The van der Waals surface area contributed by atoms with Gasteiger partial charge in [0.2, 0.25) is 0 Å². The van der Waals surface area contributed by atoms with Crippen molar-refractivity contribution in [3.63, 3.8) is 0 Å². The van der Waals surface area contributed by atoms with Crippen LogP contribution in [0.15, 0.2) is 0 Å². The maximum absolute atomic E-state index is 6.99. The minimum absolute atomic E-state index is 0.0351. The smallest absolute Gasteiger partial charge is 0.374 e. The van der Waals surface area contributed by atoms with Crippen molar-refractivity contribution >= 4 is 35.2 Å². The molecule has 1 aliphatic heterocycles. The summed E-state index contributed by atoms with van der Waals surface area (Å²) in [6.45, 7) is 26.1. The van der Waals surface area contributed by atoms with Crippen molar-refractivity contribution in [3.8, 4) is 0 Å². The van der Waals surface area contributed by atoms with Crippen LogP contribution in [0, 0.1) is 0 Å². The largest absolute Gasteiger partial charge is 0.488 e. The lowest BCUT2D eigenvalue weighted by Crippen LogP contribution is -2.75. The Morgan fingerprint density at radius 3 is 0.656 bits per heavy atom. The molecule has 0 aromatic rings. The van der Waals surface area contributed by atoms with Crippen LogP contribution in [0.2, 0.25) is 22.2 Å². The Morgan fingerprint density at radius 2 is 0.562 bits per heavy atom. The van der Waals surface area contributed by atoms with Gasteiger partial charge in [0.25, 0.3) is 0 Å². The first-order valence-corrected chi connectivity index (χ1v) is 19.4. The molecule has 0 radical (unpaired) electrons. The van der Waals surface area contributed by atoms with Gasteiger partial charge >= 0.3 is 35.2 Å². The summed E-state index contributed by atoms with van der Waals surface area (Å²) >= 11 is 0. The average Bonchev–Trinajstić information content (AvgIpc) is 2.66.